The van der Waals surface area contributed by atoms with E-state index < -0.39 is 18.2 Å². The van der Waals surface area contributed by atoms with Crippen LogP contribution in [-0.2, 0) is 4.79 Å². The number of rotatable bonds is 4. The summed E-state index contributed by atoms with van der Waals surface area (Å²) in [5.74, 6) is -1.08. The molecule has 0 heterocycles. The molecule has 0 rings (SSSR count). The molecule has 0 aromatic rings. The van der Waals surface area contributed by atoms with Crippen molar-refractivity contribution in [2.45, 2.75) is 25.3 Å². The van der Waals surface area contributed by atoms with Crippen molar-refractivity contribution in [2.24, 2.45) is 5.73 Å². The zero-order valence-corrected chi connectivity index (χ0v) is 5.93. The van der Waals surface area contributed by atoms with Gasteiger partial charge < -0.3 is 10.8 Å². The Morgan fingerprint density at radius 2 is 2.30 bits per heavy atom. The summed E-state index contributed by atoms with van der Waals surface area (Å²) in [6.07, 6.45) is 0.387. The maximum Gasteiger partial charge on any atom is 0.323 e. The molecule has 0 aliphatic rings. The van der Waals surface area contributed by atoms with Gasteiger partial charge in [-0.15, -0.1) is 0 Å². The van der Waals surface area contributed by atoms with E-state index in [0.717, 1.165) is 0 Å². The van der Waals surface area contributed by atoms with Gasteiger partial charge >= 0.3 is 5.97 Å². The van der Waals surface area contributed by atoms with Crippen LogP contribution in [0.15, 0.2) is 0 Å². The molecule has 0 bridgehead atoms. The van der Waals surface area contributed by atoms with E-state index in [1.807, 2.05) is 0 Å². The standard InChI is InChI=1S/C6H12FNO2/c1-6(8,5(9)10)3-2-4-7/h2-4,8H2,1H3,(H,9,10)/t6-/m0/s1/i7-1. The minimum atomic E-state index is -1.27. The SMILES string of the molecule is C[C@](N)(CCC[18F])C(=O)O. The lowest BCUT2D eigenvalue weighted by Crippen LogP contribution is -2.44. The van der Waals surface area contributed by atoms with Crippen LogP contribution in [0, 0.1) is 0 Å². The highest BCUT2D eigenvalue weighted by Gasteiger charge is 2.26. The van der Waals surface area contributed by atoms with E-state index in [1.54, 1.807) is 0 Å². The summed E-state index contributed by atoms with van der Waals surface area (Å²) in [7, 11) is 0. The summed E-state index contributed by atoms with van der Waals surface area (Å²) in [5, 5.41) is 8.42. The van der Waals surface area contributed by atoms with Crippen molar-refractivity contribution in [3.8, 4) is 0 Å². The molecule has 0 amide bonds. The first-order valence-electron chi connectivity index (χ1n) is 3.09. The highest BCUT2D eigenvalue weighted by molar-refractivity contribution is 5.77. The van der Waals surface area contributed by atoms with Crippen molar-refractivity contribution in [1.29, 1.82) is 0 Å². The molecule has 0 aliphatic heterocycles. The second-order valence-corrected chi connectivity index (χ2v) is 2.52. The van der Waals surface area contributed by atoms with Gasteiger partial charge in [0.2, 0.25) is 0 Å². The normalized spacial score (nSPS) is 16.3. The minimum absolute atomic E-state index is 0.179. The van der Waals surface area contributed by atoms with E-state index in [9.17, 15) is 9.18 Å². The number of halogens is 1. The van der Waals surface area contributed by atoms with Gasteiger partial charge in [-0.1, -0.05) is 0 Å². The molecule has 10 heavy (non-hydrogen) atoms. The van der Waals surface area contributed by atoms with Gasteiger partial charge in [0.1, 0.15) is 5.54 Å². The first kappa shape index (κ1) is 9.36. The van der Waals surface area contributed by atoms with E-state index >= 15 is 0 Å². The quantitative estimate of drug-likeness (QED) is 0.611. The first-order valence-corrected chi connectivity index (χ1v) is 3.09. The van der Waals surface area contributed by atoms with Gasteiger partial charge in [0.05, 0.1) is 6.67 Å². The van der Waals surface area contributed by atoms with Gasteiger partial charge in [0, 0.05) is 0 Å². The Bertz CT molecular complexity index is 125. The largest absolute Gasteiger partial charge is 0.480 e. The number of carbonyl (C=O) groups is 1. The topological polar surface area (TPSA) is 63.3 Å². The highest BCUT2D eigenvalue weighted by Crippen LogP contribution is 2.08. The molecule has 0 aromatic heterocycles. The molecule has 0 fully saturated rings. The highest BCUT2D eigenvalue weighted by atomic mass is 18.2. The fourth-order valence-corrected chi connectivity index (χ4v) is 0.541. The predicted molar refractivity (Wildman–Crippen MR) is 35.4 cm³/mol. The summed E-state index contributed by atoms with van der Waals surface area (Å²) in [4.78, 5) is 10.3. The Morgan fingerprint density at radius 1 is 1.80 bits per heavy atom. The lowest BCUT2D eigenvalue weighted by molar-refractivity contribution is -0.142. The average molecular weight is 148 g/mol. The molecule has 3 nitrogen and oxygen atoms in total. The van der Waals surface area contributed by atoms with E-state index in [-0.39, 0.29) is 12.8 Å². The van der Waals surface area contributed by atoms with Crippen molar-refractivity contribution in [3.63, 3.8) is 0 Å². The van der Waals surface area contributed by atoms with Gasteiger partial charge in [0.15, 0.2) is 0 Å². The Hall–Kier alpha value is -0.640. The van der Waals surface area contributed by atoms with Crippen molar-refractivity contribution >= 4 is 5.97 Å². The minimum Gasteiger partial charge on any atom is -0.480 e. The molecular formula is C6H12FNO2. The van der Waals surface area contributed by atoms with Crippen LogP contribution in [0.3, 0.4) is 0 Å². The molecule has 60 valence electrons. The van der Waals surface area contributed by atoms with E-state index in [2.05, 4.69) is 0 Å². The number of carboxylic acids is 1. The van der Waals surface area contributed by atoms with E-state index in [0.29, 0.717) is 0 Å². The Morgan fingerprint density at radius 3 is 2.60 bits per heavy atom. The van der Waals surface area contributed by atoms with Gasteiger partial charge in [-0.3, -0.25) is 9.18 Å². The van der Waals surface area contributed by atoms with Crippen LogP contribution in [0.1, 0.15) is 19.8 Å². The van der Waals surface area contributed by atoms with Crippen LogP contribution in [-0.4, -0.2) is 23.3 Å². The fourth-order valence-electron chi connectivity index (χ4n) is 0.541. The summed E-state index contributed by atoms with van der Waals surface area (Å²) < 4.78 is 11.5. The fraction of sp³-hybridized carbons (Fsp3) is 0.833. The van der Waals surface area contributed by atoms with Crippen LogP contribution in [0.25, 0.3) is 0 Å². The number of hydrogen-bond donors (Lipinski definition) is 2. The molecular weight excluding hydrogens is 136 g/mol. The molecule has 0 aromatic carbocycles. The average Bonchev–Trinajstić information content (AvgIpc) is 1.84. The summed E-state index contributed by atoms with van der Waals surface area (Å²) in [5.41, 5.74) is 4.01. The third-order valence-electron chi connectivity index (χ3n) is 1.32. The molecule has 4 heteroatoms. The lowest BCUT2D eigenvalue weighted by atomic mass is 9.98. The number of aliphatic carboxylic acids is 1. The maximum atomic E-state index is 11.5. The van der Waals surface area contributed by atoms with Crippen molar-refractivity contribution in [3.05, 3.63) is 0 Å². The summed E-state index contributed by atoms with van der Waals surface area (Å²) in [6, 6.07) is 0. The third-order valence-corrected chi connectivity index (χ3v) is 1.32. The second kappa shape index (κ2) is 3.51. The van der Waals surface area contributed by atoms with Gasteiger partial charge in [0.25, 0.3) is 0 Å². The number of nitrogens with two attached hydrogens (primary N) is 1. The Balaban J connectivity index is 3.75. The molecule has 0 unspecified atom stereocenters. The van der Waals surface area contributed by atoms with Crippen LogP contribution >= 0.6 is 0 Å². The van der Waals surface area contributed by atoms with E-state index in [1.165, 1.54) is 6.92 Å². The molecule has 0 saturated heterocycles. The summed E-state index contributed by atoms with van der Waals surface area (Å²) >= 11 is 0. The van der Waals surface area contributed by atoms with Crippen LogP contribution < -0.4 is 5.73 Å². The zero-order valence-electron chi connectivity index (χ0n) is 5.93. The lowest BCUT2D eigenvalue weighted by Gasteiger charge is -2.17. The summed E-state index contributed by atoms with van der Waals surface area (Å²) in [6.45, 7) is 0.866. The van der Waals surface area contributed by atoms with E-state index in [4.69, 9.17) is 10.8 Å². The predicted octanol–water partition coefficient (Wildman–Crippen LogP) is 0.538. The van der Waals surface area contributed by atoms with Crippen LogP contribution in [0.5, 0.6) is 0 Å². The van der Waals surface area contributed by atoms with Crippen molar-refractivity contribution < 1.29 is 14.3 Å². The maximum absolute atomic E-state index is 11.5. The van der Waals surface area contributed by atoms with Crippen molar-refractivity contribution in [2.75, 3.05) is 6.67 Å². The number of hydrogen-bond acceptors (Lipinski definition) is 2. The van der Waals surface area contributed by atoms with Gasteiger partial charge in [-0.25, -0.2) is 0 Å². The number of carboxylic acid groups (broad SMARTS) is 1. The molecule has 1 atom stereocenters. The molecule has 0 spiro atoms. The second-order valence-electron chi connectivity index (χ2n) is 2.52. The third kappa shape index (κ3) is 2.77. The Kier molecular flexibility index (Phi) is 3.28. The molecule has 0 saturated carbocycles. The van der Waals surface area contributed by atoms with Gasteiger partial charge in [-0.2, -0.15) is 0 Å². The number of alkyl halides is 1. The van der Waals surface area contributed by atoms with Crippen molar-refractivity contribution in [1.82, 2.24) is 0 Å². The first-order chi connectivity index (χ1) is 4.50. The van der Waals surface area contributed by atoms with Crippen LogP contribution in [0.4, 0.5) is 4.39 Å². The van der Waals surface area contributed by atoms with Crippen LogP contribution in [0.2, 0.25) is 0 Å². The smallest absolute Gasteiger partial charge is 0.323 e. The molecule has 0 radical (unpaired) electrons. The zero-order chi connectivity index (χ0) is 8.20. The van der Waals surface area contributed by atoms with Gasteiger partial charge in [-0.05, 0) is 19.8 Å². The molecule has 3 N–H and O–H groups in total. The monoisotopic (exact) mass is 148 g/mol. The Labute approximate surface area is 59.0 Å². The molecule has 0 aliphatic carbocycles.